The van der Waals surface area contributed by atoms with Gasteiger partial charge >= 0.3 is 5.97 Å². The van der Waals surface area contributed by atoms with Crippen molar-refractivity contribution in [3.05, 3.63) is 23.3 Å². The van der Waals surface area contributed by atoms with Crippen LogP contribution in [-0.2, 0) is 9.53 Å². The minimum Gasteiger partial charge on any atom is -0.504 e. The third-order valence-electron chi connectivity index (χ3n) is 3.28. The summed E-state index contributed by atoms with van der Waals surface area (Å²) >= 11 is 0. The lowest BCUT2D eigenvalue weighted by molar-refractivity contribution is -0.152. The highest BCUT2D eigenvalue weighted by molar-refractivity contribution is 5.77. The summed E-state index contributed by atoms with van der Waals surface area (Å²) in [6.07, 6.45) is 0. The molecule has 0 saturated heterocycles. The van der Waals surface area contributed by atoms with E-state index < -0.39 is 17.4 Å². The lowest BCUT2D eigenvalue weighted by Crippen LogP contribution is -2.37. The van der Waals surface area contributed by atoms with Crippen LogP contribution in [0.5, 0.6) is 11.5 Å². The van der Waals surface area contributed by atoms with Crippen LogP contribution in [0.15, 0.2) is 12.1 Å². The van der Waals surface area contributed by atoms with E-state index in [1.54, 1.807) is 13.8 Å². The van der Waals surface area contributed by atoms with Gasteiger partial charge in [0.1, 0.15) is 0 Å². The smallest absolute Gasteiger partial charge is 0.313 e. The maximum atomic E-state index is 11.8. The van der Waals surface area contributed by atoms with Crippen molar-refractivity contribution < 1.29 is 19.4 Å². The van der Waals surface area contributed by atoms with Crippen molar-refractivity contribution in [1.29, 1.82) is 5.26 Å². The van der Waals surface area contributed by atoms with Crippen molar-refractivity contribution in [3.63, 3.8) is 0 Å². The number of nitrogens with zero attached hydrogens (tertiary/aromatic N) is 1. The van der Waals surface area contributed by atoms with E-state index in [9.17, 15) is 9.90 Å². The molecule has 0 aromatic heterocycles. The zero-order valence-corrected chi connectivity index (χ0v) is 11.9. The molecule has 0 fully saturated rings. The van der Waals surface area contributed by atoms with E-state index in [1.165, 1.54) is 26.4 Å². The normalized spacial score (nSPS) is 12.4. The van der Waals surface area contributed by atoms with Gasteiger partial charge in [-0.15, -0.1) is 0 Å². The van der Waals surface area contributed by atoms with Crippen molar-refractivity contribution in [2.24, 2.45) is 11.1 Å². The molecule has 0 spiro atoms. The van der Waals surface area contributed by atoms with Gasteiger partial charge in [0.2, 0.25) is 0 Å². The first kappa shape index (κ1) is 15.8. The number of hydrogen-bond donors (Lipinski definition) is 2. The molecule has 1 atom stereocenters. The molecule has 6 nitrogen and oxygen atoms in total. The van der Waals surface area contributed by atoms with Gasteiger partial charge in [0.15, 0.2) is 11.5 Å². The fourth-order valence-corrected chi connectivity index (χ4v) is 1.87. The Kier molecular flexibility index (Phi) is 4.58. The molecule has 20 heavy (non-hydrogen) atoms. The Morgan fingerprint density at radius 3 is 2.50 bits per heavy atom. The van der Waals surface area contributed by atoms with Gasteiger partial charge in [-0.25, -0.2) is 0 Å². The standard InChI is InChI=1S/C14H18N2O4/c1-14(2,13(18)20-4)12(16)9-5-8(7-15)6-10(19-3)11(9)17/h5-6,12,17H,16H2,1-4H3/t12-/m1/s1. The molecule has 108 valence electrons. The number of hydrogen-bond acceptors (Lipinski definition) is 6. The summed E-state index contributed by atoms with van der Waals surface area (Å²) in [6, 6.07) is 3.94. The summed E-state index contributed by atoms with van der Waals surface area (Å²) in [5.74, 6) is -0.558. The Morgan fingerprint density at radius 2 is 2.05 bits per heavy atom. The molecule has 0 bridgehead atoms. The Balaban J connectivity index is 3.39. The zero-order chi connectivity index (χ0) is 15.5. The molecule has 0 aliphatic carbocycles. The average molecular weight is 278 g/mol. The molecule has 0 aliphatic rings. The van der Waals surface area contributed by atoms with Crippen molar-refractivity contribution in [3.8, 4) is 17.6 Å². The summed E-state index contributed by atoms with van der Waals surface area (Å²) in [4.78, 5) is 11.8. The Labute approximate surface area is 117 Å². The number of benzene rings is 1. The summed E-state index contributed by atoms with van der Waals surface area (Å²) in [6.45, 7) is 3.21. The van der Waals surface area contributed by atoms with E-state index >= 15 is 0 Å². The molecule has 0 amide bonds. The van der Waals surface area contributed by atoms with Crippen LogP contribution in [0.25, 0.3) is 0 Å². The molecular formula is C14H18N2O4. The van der Waals surface area contributed by atoms with Gasteiger partial charge in [0.25, 0.3) is 0 Å². The van der Waals surface area contributed by atoms with Gasteiger partial charge in [-0.05, 0) is 19.9 Å². The van der Waals surface area contributed by atoms with Crippen LogP contribution in [0.3, 0.4) is 0 Å². The van der Waals surface area contributed by atoms with Crippen LogP contribution in [0.2, 0.25) is 0 Å². The number of phenols is 1. The second kappa shape index (κ2) is 5.80. The number of phenolic OH excluding ortho intramolecular Hbond substituents is 1. The van der Waals surface area contributed by atoms with Crippen LogP contribution in [0.4, 0.5) is 0 Å². The number of rotatable bonds is 4. The number of methoxy groups -OCH3 is 2. The molecule has 0 radical (unpaired) electrons. The maximum absolute atomic E-state index is 11.8. The SMILES string of the molecule is COC(=O)C(C)(C)[C@H](N)c1cc(C#N)cc(OC)c1O. The summed E-state index contributed by atoms with van der Waals surface area (Å²) in [5.41, 5.74) is 5.55. The fourth-order valence-electron chi connectivity index (χ4n) is 1.87. The molecule has 1 aromatic rings. The van der Waals surface area contributed by atoms with Gasteiger partial charge in [-0.2, -0.15) is 5.26 Å². The summed E-state index contributed by atoms with van der Waals surface area (Å²) < 4.78 is 9.72. The Morgan fingerprint density at radius 1 is 1.45 bits per heavy atom. The fraction of sp³-hybridized carbons (Fsp3) is 0.429. The van der Waals surface area contributed by atoms with E-state index in [1.807, 2.05) is 6.07 Å². The molecule has 0 heterocycles. The van der Waals surface area contributed by atoms with Crippen LogP contribution < -0.4 is 10.5 Å². The predicted octanol–water partition coefficient (Wildman–Crippen LogP) is 1.47. The van der Waals surface area contributed by atoms with Crippen LogP contribution in [0.1, 0.15) is 31.0 Å². The zero-order valence-electron chi connectivity index (χ0n) is 11.9. The molecule has 0 saturated carbocycles. The summed E-state index contributed by atoms with van der Waals surface area (Å²) in [5, 5.41) is 19.1. The van der Waals surface area contributed by atoms with Gasteiger partial charge < -0.3 is 20.3 Å². The topological polar surface area (TPSA) is 106 Å². The lowest BCUT2D eigenvalue weighted by Gasteiger charge is -2.29. The second-order valence-electron chi connectivity index (χ2n) is 4.92. The average Bonchev–Trinajstić information content (AvgIpc) is 2.45. The minimum atomic E-state index is -1.06. The number of nitriles is 1. The quantitative estimate of drug-likeness (QED) is 0.808. The number of aromatic hydroxyl groups is 1. The molecule has 1 rings (SSSR count). The number of esters is 1. The monoisotopic (exact) mass is 278 g/mol. The van der Waals surface area contributed by atoms with Crippen molar-refractivity contribution in [2.45, 2.75) is 19.9 Å². The highest BCUT2D eigenvalue weighted by Crippen LogP contribution is 2.41. The number of ether oxygens (including phenoxy) is 2. The Bertz CT molecular complexity index is 561. The third-order valence-corrected chi connectivity index (χ3v) is 3.28. The largest absolute Gasteiger partial charge is 0.504 e. The van der Waals surface area contributed by atoms with E-state index in [0.717, 1.165) is 0 Å². The first-order valence-electron chi connectivity index (χ1n) is 5.94. The first-order valence-corrected chi connectivity index (χ1v) is 5.94. The number of nitrogens with two attached hydrogens (primary N) is 1. The first-order chi connectivity index (χ1) is 9.29. The van der Waals surface area contributed by atoms with Crippen molar-refractivity contribution >= 4 is 5.97 Å². The van der Waals surface area contributed by atoms with E-state index in [-0.39, 0.29) is 22.6 Å². The molecule has 1 aromatic carbocycles. The second-order valence-corrected chi connectivity index (χ2v) is 4.92. The number of carbonyl (C=O) groups excluding carboxylic acids is 1. The third kappa shape index (κ3) is 2.68. The van der Waals surface area contributed by atoms with Gasteiger partial charge in [-0.3, -0.25) is 4.79 Å². The lowest BCUT2D eigenvalue weighted by atomic mass is 9.80. The maximum Gasteiger partial charge on any atom is 0.313 e. The van der Waals surface area contributed by atoms with E-state index in [0.29, 0.717) is 0 Å². The molecule has 0 aliphatic heterocycles. The van der Waals surface area contributed by atoms with E-state index in [2.05, 4.69) is 0 Å². The van der Waals surface area contributed by atoms with Crippen molar-refractivity contribution in [1.82, 2.24) is 0 Å². The highest BCUT2D eigenvalue weighted by atomic mass is 16.5. The van der Waals surface area contributed by atoms with Crippen LogP contribution in [0, 0.1) is 16.7 Å². The molecular weight excluding hydrogens is 260 g/mol. The molecule has 3 N–H and O–H groups in total. The van der Waals surface area contributed by atoms with E-state index in [4.69, 9.17) is 20.5 Å². The molecule has 0 unspecified atom stereocenters. The summed E-state index contributed by atoms with van der Waals surface area (Å²) in [7, 11) is 2.64. The molecule has 6 heteroatoms. The van der Waals surface area contributed by atoms with Gasteiger partial charge in [-0.1, -0.05) is 0 Å². The van der Waals surface area contributed by atoms with Gasteiger partial charge in [0, 0.05) is 17.7 Å². The van der Waals surface area contributed by atoms with Crippen LogP contribution >= 0.6 is 0 Å². The van der Waals surface area contributed by atoms with Crippen LogP contribution in [-0.4, -0.2) is 25.3 Å². The van der Waals surface area contributed by atoms with Gasteiger partial charge in [0.05, 0.1) is 31.3 Å². The van der Waals surface area contributed by atoms with Crippen molar-refractivity contribution in [2.75, 3.05) is 14.2 Å². The predicted molar refractivity (Wildman–Crippen MR) is 72.1 cm³/mol. The Hall–Kier alpha value is -2.26. The minimum absolute atomic E-state index is 0.134. The highest BCUT2D eigenvalue weighted by Gasteiger charge is 2.38. The number of carbonyl (C=O) groups is 1.